The van der Waals surface area contributed by atoms with E-state index in [-0.39, 0.29) is 12.1 Å². The molecule has 1 aliphatic rings. The largest absolute Gasteiger partial charge is 0.489 e. The highest BCUT2D eigenvalue weighted by Gasteiger charge is 2.30. The number of nitrogens with zero attached hydrogens (tertiary/aromatic N) is 1. The molecule has 0 aromatic heterocycles. The molecule has 1 aromatic carbocycles. The Morgan fingerprint density at radius 3 is 2.73 bits per heavy atom. The maximum Gasteiger partial charge on any atom is 0.137 e. The lowest BCUT2D eigenvalue weighted by molar-refractivity contribution is -0.111. The fraction of sp³-hybridized carbons (Fsp3) is 0.417. The van der Waals surface area contributed by atoms with Crippen LogP contribution in [-0.2, 0) is 4.79 Å². The van der Waals surface area contributed by atoms with Crippen molar-refractivity contribution < 1.29 is 9.53 Å². The van der Waals surface area contributed by atoms with E-state index in [2.05, 4.69) is 0 Å². The summed E-state index contributed by atoms with van der Waals surface area (Å²) in [6, 6.07) is 9.75. The fourth-order valence-corrected chi connectivity index (χ4v) is 1.92. The summed E-state index contributed by atoms with van der Waals surface area (Å²) in [5.41, 5.74) is 0. The van der Waals surface area contributed by atoms with Crippen molar-refractivity contribution in [2.24, 2.45) is 0 Å². The van der Waals surface area contributed by atoms with Crippen LogP contribution in [0.2, 0.25) is 0 Å². The summed E-state index contributed by atoms with van der Waals surface area (Å²) < 4.78 is 5.78. The van der Waals surface area contributed by atoms with Crippen molar-refractivity contribution in [3.05, 3.63) is 30.3 Å². The van der Waals surface area contributed by atoms with Crippen molar-refractivity contribution in [3.8, 4) is 5.75 Å². The van der Waals surface area contributed by atoms with Gasteiger partial charge < -0.3 is 9.53 Å². The summed E-state index contributed by atoms with van der Waals surface area (Å²) in [7, 11) is 1.95. The summed E-state index contributed by atoms with van der Waals surface area (Å²) in [6.45, 7) is 0.818. The van der Waals surface area contributed by atoms with Crippen molar-refractivity contribution in [1.82, 2.24) is 4.90 Å². The number of benzene rings is 1. The third kappa shape index (κ3) is 2.36. The van der Waals surface area contributed by atoms with Gasteiger partial charge in [0.1, 0.15) is 18.1 Å². The summed E-state index contributed by atoms with van der Waals surface area (Å²) in [4.78, 5) is 12.7. The second-order valence-corrected chi connectivity index (χ2v) is 3.93. The van der Waals surface area contributed by atoms with Gasteiger partial charge >= 0.3 is 0 Å². The number of carbonyl (C=O) groups excluding carboxylic acids is 1. The number of rotatable bonds is 3. The van der Waals surface area contributed by atoms with Crippen LogP contribution < -0.4 is 4.74 Å². The second-order valence-electron chi connectivity index (χ2n) is 3.93. The minimum Gasteiger partial charge on any atom is -0.489 e. The van der Waals surface area contributed by atoms with Crippen LogP contribution in [-0.4, -0.2) is 36.9 Å². The molecule has 3 nitrogen and oxygen atoms in total. The fourth-order valence-electron chi connectivity index (χ4n) is 1.92. The van der Waals surface area contributed by atoms with E-state index in [9.17, 15) is 4.79 Å². The van der Waals surface area contributed by atoms with Crippen LogP contribution in [0, 0.1) is 0 Å². The molecule has 0 aliphatic carbocycles. The van der Waals surface area contributed by atoms with Crippen LogP contribution in [0.5, 0.6) is 5.75 Å². The lowest BCUT2D eigenvalue weighted by atomic mass is 10.2. The molecule has 1 aliphatic heterocycles. The molecule has 1 saturated heterocycles. The molecule has 1 heterocycles. The van der Waals surface area contributed by atoms with E-state index in [0.717, 1.165) is 25.0 Å². The van der Waals surface area contributed by atoms with Gasteiger partial charge in [-0.2, -0.15) is 0 Å². The highest BCUT2D eigenvalue weighted by molar-refractivity contribution is 5.58. The molecule has 3 heteroatoms. The Morgan fingerprint density at radius 1 is 1.40 bits per heavy atom. The predicted octanol–water partition coefficient (Wildman–Crippen LogP) is 1.34. The Kier molecular flexibility index (Phi) is 3.02. The average molecular weight is 205 g/mol. The lowest BCUT2D eigenvalue weighted by Crippen LogP contribution is -2.26. The SMILES string of the molecule is CN1C[C@@H](Oc2ccccc2)C[C@H]1C=O. The number of likely N-dealkylation sites (N-methyl/N-ethyl adjacent to an activating group) is 1. The monoisotopic (exact) mass is 205 g/mol. The molecule has 0 amide bonds. The van der Waals surface area contributed by atoms with Crippen LogP contribution >= 0.6 is 0 Å². The molecule has 2 atom stereocenters. The number of hydrogen-bond acceptors (Lipinski definition) is 3. The molecule has 0 bridgehead atoms. The number of likely N-dealkylation sites (tertiary alicyclic amines) is 1. The minimum atomic E-state index is 0.0127. The Morgan fingerprint density at radius 2 is 2.13 bits per heavy atom. The van der Waals surface area contributed by atoms with E-state index in [1.807, 2.05) is 42.3 Å². The Labute approximate surface area is 89.7 Å². The van der Waals surface area contributed by atoms with Gasteiger partial charge in [0.25, 0.3) is 0 Å². The molecule has 15 heavy (non-hydrogen) atoms. The Bertz CT molecular complexity index is 326. The first-order valence-electron chi connectivity index (χ1n) is 5.17. The van der Waals surface area contributed by atoms with E-state index >= 15 is 0 Å². The molecule has 1 fully saturated rings. The molecule has 0 radical (unpaired) electrons. The molecule has 80 valence electrons. The smallest absolute Gasteiger partial charge is 0.137 e. The number of para-hydroxylation sites is 1. The standard InChI is InChI=1S/C12H15NO2/c1-13-8-12(7-10(13)9-14)15-11-5-3-2-4-6-11/h2-6,9-10,12H,7-8H2,1H3/t10-,12-/m0/s1. The van der Waals surface area contributed by atoms with Gasteiger partial charge in [0.2, 0.25) is 0 Å². The van der Waals surface area contributed by atoms with Crippen LogP contribution in [0.1, 0.15) is 6.42 Å². The van der Waals surface area contributed by atoms with E-state index in [0.29, 0.717) is 0 Å². The van der Waals surface area contributed by atoms with Gasteiger partial charge in [-0.1, -0.05) is 18.2 Å². The highest BCUT2D eigenvalue weighted by Crippen LogP contribution is 2.20. The van der Waals surface area contributed by atoms with E-state index in [4.69, 9.17) is 4.74 Å². The highest BCUT2D eigenvalue weighted by atomic mass is 16.5. The minimum absolute atomic E-state index is 0.0127. The zero-order valence-corrected chi connectivity index (χ0v) is 8.80. The van der Waals surface area contributed by atoms with E-state index in [1.165, 1.54) is 0 Å². The summed E-state index contributed by atoms with van der Waals surface area (Å²) in [5, 5.41) is 0. The quantitative estimate of drug-likeness (QED) is 0.697. The van der Waals surface area contributed by atoms with E-state index in [1.54, 1.807) is 0 Å². The predicted molar refractivity (Wildman–Crippen MR) is 58.0 cm³/mol. The van der Waals surface area contributed by atoms with Crippen molar-refractivity contribution in [2.45, 2.75) is 18.6 Å². The van der Waals surface area contributed by atoms with Crippen LogP contribution in [0.3, 0.4) is 0 Å². The topological polar surface area (TPSA) is 29.5 Å². The number of ether oxygens (including phenoxy) is 1. The third-order valence-electron chi connectivity index (χ3n) is 2.77. The zero-order chi connectivity index (χ0) is 10.7. The average Bonchev–Trinajstić information content (AvgIpc) is 2.60. The van der Waals surface area contributed by atoms with Crippen LogP contribution in [0.25, 0.3) is 0 Å². The number of carbonyl (C=O) groups is 1. The molecule has 2 rings (SSSR count). The Balaban J connectivity index is 1.95. The number of aldehydes is 1. The molecular formula is C12H15NO2. The van der Waals surface area contributed by atoms with Gasteiger partial charge in [0.05, 0.1) is 6.04 Å². The van der Waals surface area contributed by atoms with Gasteiger partial charge in [-0.15, -0.1) is 0 Å². The zero-order valence-electron chi connectivity index (χ0n) is 8.80. The van der Waals surface area contributed by atoms with Crippen molar-refractivity contribution in [3.63, 3.8) is 0 Å². The molecular weight excluding hydrogens is 190 g/mol. The normalized spacial score (nSPS) is 26.5. The maximum absolute atomic E-state index is 10.7. The first kappa shape index (κ1) is 10.2. The van der Waals surface area contributed by atoms with Gasteiger partial charge in [0.15, 0.2) is 0 Å². The first-order valence-corrected chi connectivity index (χ1v) is 5.17. The van der Waals surface area contributed by atoms with Gasteiger partial charge in [-0.25, -0.2) is 0 Å². The summed E-state index contributed by atoms with van der Waals surface area (Å²) >= 11 is 0. The summed E-state index contributed by atoms with van der Waals surface area (Å²) in [5.74, 6) is 0.877. The first-order chi connectivity index (χ1) is 7.29. The van der Waals surface area contributed by atoms with Crippen molar-refractivity contribution in [2.75, 3.05) is 13.6 Å². The molecule has 0 unspecified atom stereocenters. The maximum atomic E-state index is 10.7. The van der Waals surface area contributed by atoms with Gasteiger partial charge in [0, 0.05) is 13.0 Å². The van der Waals surface area contributed by atoms with Gasteiger partial charge in [-0.05, 0) is 19.2 Å². The van der Waals surface area contributed by atoms with Gasteiger partial charge in [-0.3, -0.25) is 4.90 Å². The van der Waals surface area contributed by atoms with Crippen molar-refractivity contribution in [1.29, 1.82) is 0 Å². The Hall–Kier alpha value is -1.35. The lowest BCUT2D eigenvalue weighted by Gasteiger charge is -2.13. The van der Waals surface area contributed by atoms with E-state index < -0.39 is 0 Å². The van der Waals surface area contributed by atoms with Crippen LogP contribution in [0.4, 0.5) is 0 Å². The molecule has 0 saturated carbocycles. The third-order valence-corrected chi connectivity index (χ3v) is 2.77. The van der Waals surface area contributed by atoms with Crippen LogP contribution in [0.15, 0.2) is 30.3 Å². The van der Waals surface area contributed by atoms with Crippen molar-refractivity contribution >= 4 is 6.29 Å². The number of hydrogen-bond donors (Lipinski definition) is 0. The summed E-state index contributed by atoms with van der Waals surface area (Å²) in [6.07, 6.45) is 1.91. The second kappa shape index (κ2) is 4.45. The molecule has 0 N–H and O–H groups in total. The molecule has 0 spiro atoms. The molecule has 1 aromatic rings.